The number of hydrogen-bond donors (Lipinski definition) is 1. The van der Waals surface area contributed by atoms with Gasteiger partial charge in [-0.1, -0.05) is 12.1 Å². The van der Waals surface area contributed by atoms with Crippen LogP contribution in [0, 0.1) is 0 Å². The molecule has 106 valence electrons. The first-order valence-corrected chi connectivity index (χ1v) is 7.07. The van der Waals surface area contributed by atoms with Crippen LogP contribution in [0.2, 0.25) is 0 Å². The first-order chi connectivity index (χ1) is 9.65. The minimum Gasteiger partial charge on any atom is -0.398 e. The molecule has 0 aromatic heterocycles. The molecule has 0 bridgehead atoms. The third kappa shape index (κ3) is 2.35. The van der Waals surface area contributed by atoms with Crippen LogP contribution in [-0.4, -0.2) is 41.2 Å². The second kappa shape index (κ2) is 5.15. The standard InChI is InChI=1S/C15H19N3O2/c16-13-4-1-3-11-9-18(8-6-12(11)13)15(20)10-17-7-2-5-14(17)19/h1,3-4H,2,5-10,16H2. The second-order valence-electron chi connectivity index (χ2n) is 5.47. The number of nitrogens with two attached hydrogens (primary N) is 1. The topological polar surface area (TPSA) is 66.6 Å². The summed E-state index contributed by atoms with van der Waals surface area (Å²) in [6, 6.07) is 5.84. The van der Waals surface area contributed by atoms with Gasteiger partial charge in [0.1, 0.15) is 0 Å². The molecule has 2 aliphatic rings. The Kier molecular flexibility index (Phi) is 3.34. The average Bonchev–Trinajstić information content (AvgIpc) is 2.84. The fraction of sp³-hybridized carbons (Fsp3) is 0.467. The summed E-state index contributed by atoms with van der Waals surface area (Å²) in [6.07, 6.45) is 2.24. The SMILES string of the molecule is Nc1cccc2c1CCN(C(=O)CN1CCCC1=O)C2. The number of carbonyl (C=O) groups is 2. The van der Waals surface area contributed by atoms with E-state index in [9.17, 15) is 9.59 Å². The van der Waals surface area contributed by atoms with Gasteiger partial charge in [0.15, 0.2) is 0 Å². The van der Waals surface area contributed by atoms with Crippen molar-refractivity contribution in [1.29, 1.82) is 0 Å². The third-order valence-electron chi connectivity index (χ3n) is 4.15. The second-order valence-corrected chi connectivity index (χ2v) is 5.47. The molecule has 2 aliphatic heterocycles. The van der Waals surface area contributed by atoms with Gasteiger partial charge in [-0.15, -0.1) is 0 Å². The maximum atomic E-state index is 12.3. The fourth-order valence-electron chi connectivity index (χ4n) is 2.99. The van der Waals surface area contributed by atoms with Crippen LogP contribution in [0.5, 0.6) is 0 Å². The highest BCUT2D eigenvalue weighted by Gasteiger charge is 2.27. The molecular weight excluding hydrogens is 254 g/mol. The molecule has 0 atom stereocenters. The molecule has 5 nitrogen and oxygen atoms in total. The van der Waals surface area contributed by atoms with Gasteiger partial charge in [0.05, 0.1) is 6.54 Å². The molecule has 0 unspecified atom stereocenters. The Labute approximate surface area is 118 Å². The summed E-state index contributed by atoms with van der Waals surface area (Å²) < 4.78 is 0. The van der Waals surface area contributed by atoms with E-state index in [0.717, 1.165) is 29.7 Å². The van der Waals surface area contributed by atoms with E-state index in [2.05, 4.69) is 0 Å². The Morgan fingerprint density at radius 1 is 1.25 bits per heavy atom. The van der Waals surface area contributed by atoms with Crippen molar-refractivity contribution in [2.24, 2.45) is 0 Å². The van der Waals surface area contributed by atoms with Gasteiger partial charge in [0.2, 0.25) is 11.8 Å². The van der Waals surface area contributed by atoms with Gasteiger partial charge in [-0.2, -0.15) is 0 Å². The van der Waals surface area contributed by atoms with Crippen molar-refractivity contribution in [3.63, 3.8) is 0 Å². The highest BCUT2D eigenvalue weighted by atomic mass is 16.2. The van der Waals surface area contributed by atoms with Crippen molar-refractivity contribution in [2.75, 3.05) is 25.4 Å². The van der Waals surface area contributed by atoms with Crippen molar-refractivity contribution in [2.45, 2.75) is 25.8 Å². The molecule has 0 spiro atoms. The molecule has 3 rings (SSSR count). The normalized spacial score (nSPS) is 18.3. The number of nitrogens with zero attached hydrogens (tertiary/aromatic N) is 2. The molecule has 1 saturated heterocycles. The lowest BCUT2D eigenvalue weighted by Crippen LogP contribution is -2.43. The van der Waals surface area contributed by atoms with Crippen LogP contribution in [0.25, 0.3) is 0 Å². The number of anilines is 1. The Morgan fingerprint density at radius 3 is 2.85 bits per heavy atom. The zero-order valence-electron chi connectivity index (χ0n) is 11.5. The van der Waals surface area contributed by atoms with Gasteiger partial charge in [-0.25, -0.2) is 0 Å². The van der Waals surface area contributed by atoms with Gasteiger partial charge in [-0.3, -0.25) is 9.59 Å². The largest absolute Gasteiger partial charge is 0.398 e. The van der Waals surface area contributed by atoms with E-state index in [1.165, 1.54) is 0 Å². The zero-order valence-corrected chi connectivity index (χ0v) is 11.5. The van der Waals surface area contributed by atoms with Crippen molar-refractivity contribution < 1.29 is 9.59 Å². The molecule has 0 radical (unpaired) electrons. The third-order valence-corrected chi connectivity index (χ3v) is 4.15. The minimum atomic E-state index is 0.0355. The molecule has 0 aliphatic carbocycles. The van der Waals surface area contributed by atoms with E-state index in [4.69, 9.17) is 5.73 Å². The number of likely N-dealkylation sites (tertiary alicyclic amines) is 1. The summed E-state index contributed by atoms with van der Waals surface area (Å²) in [6.45, 7) is 2.21. The van der Waals surface area contributed by atoms with E-state index in [-0.39, 0.29) is 18.4 Å². The number of benzene rings is 1. The van der Waals surface area contributed by atoms with E-state index in [1.54, 1.807) is 4.90 Å². The van der Waals surface area contributed by atoms with Crippen molar-refractivity contribution in [1.82, 2.24) is 9.80 Å². The van der Waals surface area contributed by atoms with E-state index in [0.29, 0.717) is 26.1 Å². The van der Waals surface area contributed by atoms with Crippen LogP contribution >= 0.6 is 0 Å². The Bertz CT molecular complexity index is 556. The monoisotopic (exact) mass is 273 g/mol. The summed E-state index contributed by atoms with van der Waals surface area (Å²) in [5.74, 6) is 0.133. The summed E-state index contributed by atoms with van der Waals surface area (Å²) in [5, 5.41) is 0. The van der Waals surface area contributed by atoms with Crippen LogP contribution in [0.4, 0.5) is 5.69 Å². The molecule has 1 aromatic rings. The Morgan fingerprint density at radius 2 is 2.10 bits per heavy atom. The molecule has 1 fully saturated rings. The summed E-state index contributed by atoms with van der Waals surface area (Å²) >= 11 is 0. The molecular formula is C15H19N3O2. The highest BCUT2D eigenvalue weighted by molar-refractivity contribution is 5.86. The predicted octanol–water partition coefficient (Wildman–Crippen LogP) is 0.776. The molecule has 2 heterocycles. The van der Waals surface area contributed by atoms with Gasteiger partial charge >= 0.3 is 0 Å². The van der Waals surface area contributed by atoms with Crippen molar-refractivity contribution in [3.05, 3.63) is 29.3 Å². The molecule has 5 heteroatoms. The van der Waals surface area contributed by atoms with Gasteiger partial charge in [-0.05, 0) is 30.0 Å². The lowest BCUT2D eigenvalue weighted by Gasteiger charge is -2.31. The highest BCUT2D eigenvalue weighted by Crippen LogP contribution is 2.24. The predicted molar refractivity (Wildman–Crippen MR) is 75.8 cm³/mol. The number of rotatable bonds is 2. The van der Waals surface area contributed by atoms with Gasteiger partial charge in [0.25, 0.3) is 0 Å². The number of amides is 2. The van der Waals surface area contributed by atoms with Crippen LogP contribution < -0.4 is 5.73 Å². The first-order valence-electron chi connectivity index (χ1n) is 7.07. The minimum absolute atomic E-state index is 0.0355. The van der Waals surface area contributed by atoms with Crippen molar-refractivity contribution in [3.8, 4) is 0 Å². The van der Waals surface area contributed by atoms with E-state index >= 15 is 0 Å². The molecule has 2 amide bonds. The molecule has 0 saturated carbocycles. The van der Waals surface area contributed by atoms with Crippen LogP contribution in [0.15, 0.2) is 18.2 Å². The average molecular weight is 273 g/mol. The van der Waals surface area contributed by atoms with Gasteiger partial charge < -0.3 is 15.5 Å². The summed E-state index contributed by atoms with van der Waals surface area (Å²) in [7, 11) is 0. The molecule has 1 aromatic carbocycles. The van der Waals surface area contributed by atoms with Crippen molar-refractivity contribution >= 4 is 17.5 Å². The van der Waals surface area contributed by atoms with Crippen LogP contribution in [0.3, 0.4) is 0 Å². The lowest BCUT2D eigenvalue weighted by molar-refractivity contribution is -0.138. The number of carbonyl (C=O) groups excluding carboxylic acids is 2. The maximum Gasteiger partial charge on any atom is 0.242 e. The maximum absolute atomic E-state index is 12.3. The quantitative estimate of drug-likeness (QED) is 0.810. The lowest BCUT2D eigenvalue weighted by atomic mass is 9.98. The molecule has 20 heavy (non-hydrogen) atoms. The number of hydrogen-bond acceptors (Lipinski definition) is 3. The number of fused-ring (bicyclic) bond motifs is 1. The fourth-order valence-corrected chi connectivity index (χ4v) is 2.99. The number of nitrogen functional groups attached to an aromatic ring is 1. The summed E-state index contributed by atoms with van der Waals surface area (Å²) in [4.78, 5) is 27.4. The molecule has 2 N–H and O–H groups in total. The first kappa shape index (κ1) is 13.0. The smallest absolute Gasteiger partial charge is 0.242 e. The van der Waals surface area contributed by atoms with Gasteiger partial charge in [0, 0.05) is 31.7 Å². The zero-order chi connectivity index (χ0) is 14.1. The van der Waals surface area contributed by atoms with Crippen LogP contribution in [-0.2, 0) is 22.6 Å². The van der Waals surface area contributed by atoms with E-state index < -0.39 is 0 Å². The Balaban J connectivity index is 1.67. The van der Waals surface area contributed by atoms with Crippen LogP contribution in [0.1, 0.15) is 24.0 Å². The summed E-state index contributed by atoms with van der Waals surface area (Å²) in [5.41, 5.74) is 9.05. The Hall–Kier alpha value is -2.04. The van der Waals surface area contributed by atoms with E-state index in [1.807, 2.05) is 23.1 Å².